The minimum absolute atomic E-state index is 0.105. The zero-order chi connectivity index (χ0) is 9.14. The van der Waals surface area contributed by atoms with Crippen LogP contribution >= 0.6 is 11.6 Å². The lowest BCUT2D eigenvalue weighted by Gasteiger charge is -1.99. The van der Waals surface area contributed by atoms with Gasteiger partial charge >= 0.3 is 0 Å². The number of hydrogen-bond acceptors (Lipinski definition) is 1. The molecule has 62 valence electrons. The summed E-state index contributed by atoms with van der Waals surface area (Å²) in [5.41, 5.74) is 0.115. The first-order valence-corrected chi connectivity index (χ1v) is 3.53. The number of nitrogens with zero attached hydrogens (tertiary/aromatic N) is 1. The van der Waals surface area contributed by atoms with Gasteiger partial charge < -0.3 is 0 Å². The predicted molar refractivity (Wildman–Crippen MR) is 40.7 cm³/mol. The van der Waals surface area contributed by atoms with Crippen LogP contribution in [-0.2, 0) is 6.42 Å². The second-order valence-corrected chi connectivity index (χ2v) is 2.60. The van der Waals surface area contributed by atoms with Crippen molar-refractivity contribution < 1.29 is 8.78 Å². The normalized spacial score (nSPS) is 9.50. The van der Waals surface area contributed by atoms with Crippen LogP contribution in [0.25, 0.3) is 0 Å². The number of benzene rings is 1. The fourth-order valence-corrected chi connectivity index (χ4v) is 0.971. The Kier molecular flexibility index (Phi) is 2.61. The molecule has 0 heterocycles. The predicted octanol–water partition coefficient (Wildman–Crippen LogP) is 2.68. The van der Waals surface area contributed by atoms with Gasteiger partial charge in [-0.25, -0.2) is 8.78 Å². The van der Waals surface area contributed by atoms with Gasteiger partial charge in [0.25, 0.3) is 0 Å². The molecule has 0 atom stereocenters. The molecule has 0 fully saturated rings. The standard InChI is InChI=1S/C8H4ClF2N/c9-6-3-5(1-2-12)7(10)4-8(6)11/h3-4H,1H2. The van der Waals surface area contributed by atoms with Crippen LogP contribution in [0.4, 0.5) is 8.78 Å². The summed E-state index contributed by atoms with van der Waals surface area (Å²) in [7, 11) is 0. The van der Waals surface area contributed by atoms with E-state index < -0.39 is 11.6 Å². The van der Waals surface area contributed by atoms with E-state index in [9.17, 15) is 8.78 Å². The molecular weight excluding hydrogens is 184 g/mol. The van der Waals surface area contributed by atoms with Crippen LogP contribution in [-0.4, -0.2) is 0 Å². The van der Waals surface area contributed by atoms with Gasteiger partial charge in [-0.15, -0.1) is 0 Å². The minimum atomic E-state index is -0.809. The Labute approximate surface area is 73.2 Å². The van der Waals surface area contributed by atoms with Crippen molar-refractivity contribution in [3.63, 3.8) is 0 Å². The fourth-order valence-electron chi connectivity index (χ4n) is 0.784. The molecule has 1 aromatic carbocycles. The van der Waals surface area contributed by atoms with Crippen molar-refractivity contribution in [2.24, 2.45) is 0 Å². The van der Waals surface area contributed by atoms with Crippen LogP contribution in [0.1, 0.15) is 5.56 Å². The van der Waals surface area contributed by atoms with E-state index in [4.69, 9.17) is 16.9 Å². The Bertz CT molecular complexity index is 344. The number of halogens is 3. The van der Waals surface area contributed by atoms with Gasteiger partial charge in [-0.1, -0.05) is 11.6 Å². The summed E-state index contributed by atoms with van der Waals surface area (Å²) < 4.78 is 25.3. The van der Waals surface area contributed by atoms with E-state index in [0.717, 1.165) is 6.07 Å². The highest BCUT2D eigenvalue weighted by atomic mass is 35.5. The highest BCUT2D eigenvalue weighted by molar-refractivity contribution is 6.30. The fraction of sp³-hybridized carbons (Fsp3) is 0.125. The van der Waals surface area contributed by atoms with E-state index >= 15 is 0 Å². The van der Waals surface area contributed by atoms with Gasteiger partial charge in [-0.2, -0.15) is 5.26 Å². The Balaban J connectivity index is 3.16. The molecule has 0 saturated carbocycles. The zero-order valence-corrected chi connectivity index (χ0v) is 6.70. The molecule has 0 aliphatic heterocycles. The third-order valence-corrected chi connectivity index (χ3v) is 1.65. The average molecular weight is 188 g/mol. The Morgan fingerprint density at radius 3 is 2.58 bits per heavy atom. The first-order valence-electron chi connectivity index (χ1n) is 3.15. The summed E-state index contributed by atoms with van der Waals surface area (Å²) in [5, 5.41) is 8.09. The van der Waals surface area contributed by atoms with E-state index in [0.29, 0.717) is 6.07 Å². The lowest BCUT2D eigenvalue weighted by molar-refractivity contribution is 0.575. The maximum absolute atomic E-state index is 12.8. The van der Waals surface area contributed by atoms with Crippen molar-refractivity contribution in [2.75, 3.05) is 0 Å². The maximum atomic E-state index is 12.8. The van der Waals surface area contributed by atoms with Crippen molar-refractivity contribution in [3.8, 4) is 6.07 Å². The van der Waals surface area contributed by atoms with Crippen LogP contribution in [0.2, 0.25) is 5.02 Å². The summed E-state index contributed by atoms with van der Waals surface area (Å²) >= 11 is 5.37. The van der Waals surface area contributed by atoms with E-state index in [-0.39, 0.29) is 17.0 Å². The summed E-state index contributed by atoms with van der Waals surface area (Å²) in [4.78, 5) is 0. The van der Waals surface area contributed by atoms with E-state index in [1.807, 2.05) is 0 Å². The second kappa shape index (κ2) is 3.51. The van der Waals surface area contributed by atoms with Crippen LogP contribution in [0.15, 0.2) is 12.1 Å². The zero-order valence-electron chi connectivity index (χ0n) is 5.94. The molecule has 4 heteroatoms. The first-order chi connectivity index (χ1) is 5.65. The van der Waals surface area contributed by atoms with Crippen LogP contribution < -0.4 is 0 Å². The number of nitriles is 1. The molecule has 0 bridgehead atoms. The van der Waals surface area contributed by atoms with Gasteiger partial charge in [-0.05, 0) is 6.07 Å². The quantitative estimate of drug-likeness (QED) is 0.620. The molecule has 1 rings (SSSR count). The third-order valence-electron chi connectivity index (χ3n) is 1.36. The lowest BCUT2D eigenvalue weighted by atomic mass is 10.1. The average Bonchev–Trinajstić information content (AvgIpc) is 2.01. The maximum Gasteiger partial charge on any atom is 0.144 e. The smallest absolute Gasteiger partial charge is 0.144 e. The molecular formula is C8H4ClF2N. The third kappa shape index (κ3) is 1.72. The molecule has 0 saturated heterocycles. The molecule has 0 radical (unpaired) electrons. The lowest BCUT2D eigenvalue weighted by Crippen LogP contribution is -1.90. The molecule has 12 heavy (non-hydrogen) atoms. The van der Waals surface area contributed by atoms with Crippen LogP contribution in [0, 0.1) is 23.0 Å². The van der Waals surface area contributed by atoms with Gasteiger partial charge in [0, 0.05) is 11.6 Å². The number of rotatable bonds is 1. The Morgan fingerprint density at radius 1 is 1.33 bits per heavy atom. The molecule has 1 nitrogen and oxygen atoms in total. The highest BCUT2D eigenvalue weighted by Crippen LogP contribution is 2.19. The van der Waals surface area contributed by atoms with Crippen LogP contribution in [0.5, 0.6) is 0 Å². The summed E-state index contributed by atoms with van der Waals surface area (Å²) in [5.74, 6) is -1.55. The first kappa shape index (κ1) is 8.95. The van der Waals surface area contributed by atoms with Gasteiger partial charge in [0.2, 0.25) is 0 Å². The monoisotopic (exact) mass is 187 g/mol. The molecule has 1 aromatic rings. The summed E-state index contributed by atoms with van der Waals surface area (Å²) in [6.45, 7) is 0. The Hall–Kier alpha value is -1.14. The molecule has 0 unspecified atom stereocenters. The van der Waals surface area contributed by atoms with Gasteiger partial charge in [0.15, 0.2) is 0 Å². The van der Waals surface area contributed by atoms with E-state index in [1.54, 1.807) is 6.07 Å². The molecule has 0 aliphatic rings. The number of hydrogen-bond donors (Lipinski definition) is 0. The van der Waals surface area contributed by atoms with Crippen molar-refractivity contribution >= 4 is 11.6 Å². The van der Waals surface area contributed by atoms with Gasteiger partial charge in [0.05, 0.1) is 17.5 Å². The molecule has 0 N–H and O–H groups in total. The van der Waals surface area contributed by atoms with E-state index in [1.165, 1.54) is 0 Å². The topological polar surface area (TPSA) is 23.8 Å². The van der Waals surface area contributed by atoms with Crippen molar-refractivity contribution in [2.45, 2.75) is 6.42 Å². The van der Waals surface area contributed by atoms with E-state index in [2.05, 4.69) is 0 Å². The second-order valence-electron chi connectivity index (χ2n) is 2.19. The summed E-state index contributed by atoms with van der Waals surface area (Å²) in [6, 6.07) is 3.55. The van der Waals surface area contributed by atoms with Gasteiger partial charge in [-0.3, -0.25) is 0 Å². The van der Waals surface area contributed by atoms with Gasteiger partial charge in [0.1, 0.15) is 11.6 Å². The molecule has 0 spiro atoms. The molecule has 0 aromatic heterocycles. The molecule has 0 aliphatic carbocycles. The SMILES string of the molecule is N#CCc1cc(Cl)c(F)cc1F. The van der Waals surface area contributed by atoms with Crippen molar-refractivity contribution in [1.29, 1.82) is 5.26 Å². The highest BCUT2D eigenvalue weighted by Gasteiger charge is 2.07. The van der Waals surface area contributed by atoms with Crippen LogP contribution in [0.3, 0.4) is 0 Å². The Morgan fingerprint density at radius 2 is 2.00 bits per heavy atom. The minimum Gasteiger partial charge on any atom is -0.207 e. The summed E-state index contributed by atoms with van der Waals surface area (Å²) in [6.07, 6.45) is -0.105. The van der Waals surface area contributed by atoms with Crippen molar-refractivity contribution in [1.82, 2.24) is 0 Å². The molecule has 0 amide bonds. The van der Waals surface area contributed by atoms with Crippen molar-refractivity contribution in [3.05, 3.63) is 34.4 Å². The largest absolute Gasteiger partial charge is 0.207 e.